The zero-order valence-corrected chi connectivity index (χ0v) is 14.9. The van der Waals surface area contributed by atoms with Crippen molar-refractivity contribution in [3.05, 3.63) is 53.6 Å². The number of benzene rings is 2. The van der Waals surface area contributed by atoms with E-state index < -0.39 is 0 Å². The van der Waals surface area contributed by atoms with Crippen LogP contribution < -0.4 is 14.4 Å². The van der Waals surface area contributed by atoms with E-state index in [0.717, 1.165) is 25.1 Å². The second-order valence-corrected chi connectivity index (χ2v) is 7.20. The summed E-state index contributed by atoms with van der Waals surface area (Å²) in [5.74, 6) is 1.17. The molecule has 2 aromatic rings. The minimum Gasteiger partial charge on any atom is -0.454 e. The van der Waals surface area contributed by atoms with Crippen LogP contribution in [0.1, 0.15) is 22.3 Å². The third kappa shape index (κ3) is 2.72. The average Bonchev–Trinajstić information content (AvgIpc) is 3.14. The zero-order valence-electron chi connectivity index (χ0n) is 14.9. The van der Waals surface area contributed by atoms with Gasteiger partial charge in [0.15, 0.2) is 11.5 Å². The van der Waals surface area contributed by atoms with Crippen LogP contribution in [0.4, 0.5) is 5.69 Å². The number of hydrogen-bond donors (Lipinski definition) is 0. The van der Waals surface area contributed by atoms with Crippen LogP contribution in [0.5, 0.6) is 11.5 Å². The number of fused-ring (bicyclic) bond motifs is 2. The van der Waals surface area contributed by atoms with Crippen molar-refractivity contribution in [3.8, 4) is 11.5 Å². The van der Waals surface area contributed by atoms with Gasteiger partial charge in [0.05, 0.1) is 5.92 Å². The maximum Gasteiger partial charge on any atom is 0.254 e. The van der Waals surface area contributed by atoms with Gasteiger partial charge in [0.25, 0.3) is 5.91 Å². The van der Waals surface area contributed by atoms with Gasteiger partial charge < -0.3 is 19.3 Å². The Balaban J connectivity index is 1.26. The third-order valence-electron chi connectivity index (χ3n) is 5.51. The second kappa shape index (κ2) is 6.30. The molecule has 138 valence electrons. The average molecular weight is 364 g/mol. The first-order valence-corrected chi connectivity index (χ1v) is 9.29. The van der Waals surface area contributed by atoms with Gasteiger partial charge >= 0.3 is 0 Å². The van der Waals surface area contributed by atoms with Crippen molar-refractivity contribution < 1.29 is 19.1 Å². The Hall–Kier alpha value is -3.02. The van der Waals surface area contributed by atoms with Crippen molar-refractivity contribution in [2.75, 3.05) is 31.3 Å². The van der Waals surface area contributed by atoms with E-state index in [1.165, 1.54) is 5.56 Å². The number of amides is 2. The molecule has 1 fully saturated rings. The topological polar surface area (TPSA) is 59.1 Å². The van der Waals surface area contributed by atoms with Gasteiger partial charge in [-0.15, -0.1) is 0 Å². The van der Waals surface area contributed by atoms with E-state index in [-0.39, 0.29) is 24.5 Å². The Morgan fingerprint density at radius 1 is 1.00 bits per heavy atom. The predicted octanol–water partition coefficient (Wildman–Crippen LogP) is 2.47. The summed E-state index contributed by atoms with van der Waals surface area (Å²) < 4.78 is 10.6. The van der Waals surface area contributed by atoms with E-state index >= 15 is 0 Å². The summed E-state index contributed by atoms with van der Waals surface area (Å²) in [5.41, 5.74) is 2.81. The van der Waals surface area contributed by atoms with Gasteiger partial charge in [-0.1, -0.05) is 18.2 Å². The van der Waals surface area contributed by atoms with Gasteiger partial charge in [-0.05, 0) is 42.7 Å². The number of likely N-dealkylation sites (tertiary alicyclic amines) is 1. The van der Waals surface area contributed by atoms with Gasteiger partial charge in [-0.25, -0.2) is 0 Å². The van der Waals surface area contributed by atoms with Crippen LogP contribution in [-0.4, -0.2) is 43.1 Å². The van der Waals surface area contributed by atoms with Crippen LogP contribution in [0.15, 0.2) is 42.5 Å². The molecule has 3 heterocycles. The highest BCUT2D eigenvalue weighted by molar-refractivity contribution is 6.00. The molecule has 0 radical (unpaired) electrons. The molecule has 27 heavy (non-hydrogen) atoms. The number of para-hydroxylation sites is 1. The van der Waals surface area contributed by atoms with Crippen LogP contribution in [0.2, 0.25) is 0 Å². The van der Waals surface area contributed by atoms with Crippen molar-refractivity contribution in [1.82, 2.24) is 4.90 Å². The quantitative estimate of drug-likeness (QED) is 0.821. The molecule has 0 aliphatic carbocycles. The minimum atomic E-state index is -0.130. The Labute approximate surface area is 157 Å². The number of carbonyl (C=O) groups excluding carboxylic acids is 2. The minimum absolute atomic E-state index is 0.0728. The van der Waals surface area contributed by atoms with Crippen molar-refractivity contribution in [3.63, 3.8) is 0 Å². The molecule has 5 rings (SSSR count). The Kier molecular flexibility index (Phi) is 3.77. The van der Waals surface area contributed by atoms with Crippen molar-refractivity contribution >= 4 is 17.5 Å². The lowest BCUT2D eigenvalue weighted by atomic mass is 9.94. The number of anilines is 1. The fraction of sp³-hybridized carbons (Fsp3) is 0.333. The normalized spacial score (nSPS) is 18.1. The standard InChI is InChI=1S/C21H20N2O4/c24-20(15-7-8-18-19(10-15)27-13-26-18)22-11-16(12-22)21(25)23-9-3-5-14-4-1-2-6-17(14)23/h1-2,4,6-8,10,16H,3,5,9,11-13H2. The highest BCUT2D eigenvalue weighted by atomic mass is 16.7. The van der Waals surface area contributed by atoms with Gasteiger partial charge in [0, 0.05) is 30.9 Å². The zero-order chi connectivity index (χ0) is 18.4. The van der Waals surface area contributed by atoms with Crippen molar-refractivity contribution in [2.45, 2.75) is 12.8 Å². The SMILES string of the molecule is O=C(c1ccc2c(c1)OCO2)N1CC(C(=O)N2CCCc3ccccc32)C1. The Bertz CT molecular complexity index is 920. The highest BCUT2D eigenvalue weighted by Gasteiger charge is 2.39. The van der Waals surface area contributed by atoms with E-state index in [1.807, 2.05) is 23.1 Å². The fourth-order valence-corrected chi connectivity index (χ4v) is 4.00. The summed E-state index contributed by atoms with van der Waals surface area (Å²) in [6.45, 7) is 1.86. The first-order chi connectivity index (χ1) is 13.2. The van der Waals surface area contributed by atoms with Crippen LogP contribution in [0.3, 0.4) is 0 Å². The molecular weight excluding hydrogens is 344 g/mol. The molecule has 1 saturated heterocycles. The van der Waals surface area contributed by atoms with E-state index in [4.69, 9.17) is 9.47 Å². The second-order valence-electron chi connectivity index (χ2n) is 7.20. The van der Waals surface area contributed by atoms with Crippen molar-refractivity contribution in [1.29, 1.82) is 0 Å². The molecule has 0 atom stereocenters. The third-order valence-corrected chi connectivity index (χ3v) is 5.51. The number of hydrogen-bond acceptors (Lipinski definition) is 4. The molecule has 0 unspecified atom stereocenters. The molecule has 0 N–H and O–H groups in total. The Morgan fingerprint density at radius 2 is 1.81 bits per heavy atom. The maximum atomic E-state index is 13.0. The van der Waals surface area contributed by atoms with Gasteiger partial charge in [0.2, 0.25) is 12.7 Å². The smallest absolute Gasteiger partial charge is 0.254 e. The number of nitrogens with zero attached hydrogens (tertiary/aromatic N) is 2. The van der Waals surface area contributed by atoms with Gasteiger partial charge in [-0.3, -0.25) is 9.59 Å². The van der Waals surface area contributed by atoms with Crippen LogP contribution >= 0.6 is 0 Å². The molecule has 6 nitrogen and oxygen atoms in total. The first kappa shape index (κ1) is 16.2. The van der Waals surface area contributed by atoms with Crippen LogP contribution in [-0.2, 0) is 11.2 Å². The maximum absolute atomic E-state index is 13.0. The van der Waals surface area contributed by atoms with Crippen LogP contribution in [0.25, 0.3) is 0 Å². The number of aryl methyl sites for hydroxylation is 1. The molecule has 2 amide bonds. The molecule has 2 aromatic carbocycles. The molecule has 0 bridgehead atoms. The molecule has 6 heteroatoms. The van der Waals surface area contributed by atoms with E-state index in [9.17, 15) is 9.59 Å². The summed E-state index contributed by atoms with van der Waals surface area (Å²) in [7, 11) is 0. The molecule has 0 aromatic heterocycles. The Morgan fingerprint density at radius 3 is 2.70 bits per heavy atom. The largest absolute Gasteiger partial charge is 0.454 e. The monoisotopic (exact) mass is 364 g/mol. The van der Waals surface area contributed by atoms with Crippen molar-refractivity contribution in [2.24, 2.45) is 5.92 Å². The lowest BCUT2D eigenvalue weighted by molar-refractivity contribution is -0.126. The molecule has 0 saturated carbocycles. The van der Waals surface area contributed by atoms with Gasteiger partial charge in [0.1, 0.15) is 0 Å². The predicted molar refractivity (Wildman–Crippen MR) is 99.1 cm³/mol. The fourth-order valence-electron chi connectivity index (χ4n) is 4.00. The summed E-state index contributed by atoms with van der Waals surface area (Å²) in [6.07, 6.45) is 1.99. The van der Waals surface area contributed by atoms with Crippen LogP contribution in [0, 0.1) is 5.92 Å². The molecular formula is C21H20N2O4. The summed E-state index contributed by atoms with van der Waals surface area (Å²) in [4.78, 5) is 29.2. The number of rotatable bonds is 2. The first-order valence-electron chi connectivity index (χ1n) is 9.29. The lowest BCUT2D eigenvalue weighted by Crippen LogP contribution is -2.57. The van der Waals surface area contributed by atoms with Gasteiger partial charge in [-0.2, -0.15) is 0 Å². The lowest BCUT2D eigenvalue weighted by Gasteiger charge is -2.41. The molecule has 0 spiro atoms. The summed E-state index contributed by atoms with van der Waals surface area (Å²) in [6, 6.07) is 13.3. The highest BCUT2D eigenvalue weighted by Crippen LogP contribution is 2.34. The van der Waals surface area contributed by atoms with E-state index in [1.54, 1.807) is 23.1 Å². The van der Waals surface area contributed by atoms with E-state index in [2.05, 4.69) is 6.07 Å². The molecule has 3 aliphatic heterocycles. The molecule has 3 aliphatic rings. The summed E-state index contributed by atoms with van der Waals surface area (Å²) >= 11 is 0. The number of ether oxygens (including phenoxy) is 2. The summed E-state index contributed by atoms with van der Waals surface area (Å²) in [5, 5.41) is 0. The van der Waals surface area contributed by atoms with E-state index in [0.29, 0.717) is 30.2 Å². The number of carbonyl (C=O) groups is 2.